The van der Waals surface area contributed by atoms with Crippen molar-refractivity contribution in [3.63, 3.8) is 0 Å². The van der Waals surface area contributed by atoms with Gasteiger partial charge in [0.1, 0.15) is 0 Å². The standard InChI is InChI=1S/C17H13Cl2N3/c18-15-7-11-5-6-22(10-13(11)8-16(15)19)17-14-4-2-1-3-12(14)9-20-21-17/h1-4,7-9H,5-6,10H2. The second-order valence-corrected chi connectivity index (χ2v) is 6.28. The number of hydrogen-bond donors (Lipinski definition) is 0. The maximum atomic E-state index is 6.16. The summed E-state index contributed by atoms with van der Waals surface area (Å²) in [5, 5.41) is 12.0. The van der Waals surface area contributed by atoms with Gasteiger partial charge in [0, 0.05) is 23.9 Å². The van der Waals surface area contributed by atoms with Gasteiger partial charge >= 0.3 is 0 Å². The summed E-state index contributed by atoms with van der Waals surface area (Å²) >= 11 is 12.3. The van der Waals surface area contributed by atoms with Gasteiger partial charge in [0.25, 0.3) is 0 Å². The van der Waals surface area contributed by atoms with E-state index in [0.717, 1.165) is 36.1 Å². The van der Waals surface area contributed by atoms with Crippen molar-refractivity contribution in [2.24, 2.45) is 0 Å². The molecule has 0 fully saturated rings. The number of fused-ring (bicyclic) bond motifs is 2. The first-order valence-electron chi connectivity index (χ1n) is 7.14. The van der Waals surface area contributed by atoms with Crippen molar-refractivity contribution in [2.45, 2.75) is 13.0 Å². The van der Waals surface area contributed by atoms with Crippen LogP contribution in [-0.2, 0) is 13.0 Å². The molecule has 0 unspecified atom stereocenters. The second kappa shape index (κ2) is 5.41. The van der Waals surface area contributed by atoms with Crippen LogP contribution in [0.2, 0.25) is 10.0 Å². The van der Waals surface area contributed by atoms with Crippen LogP contribution < -0.4 is 4.90 Å². The number of hydrogen-bond acceptors (Lipinski definition) is 3. The van der Waals surface area contributed by atoms with Crippen molar-refractivity contribution in [1.82, 2.24) is 10.2 Å². The highest BCUT2D eigenvalue weighted by Crippen LogP contribution is 2.32. The van der Waals surface area contributed by atoms with Crippen molar-refractivity contribution >= 4 is 39.8 Å². The quantitative estimate of drug-likeness (QED) is 0.658. The van der Waals surface area contributed by atoms with Crippen LogP contribution >= 0.6 is 23.2 Å². The van der Waals surface area contributed by atoms with Crippen LogP contribution in [0.3, 0.4) is 0 Å². The highest BCUT2D eigenvalue weighted by atomic mass is 35.5. The van der Waals surface area contributed by atoms with E-state index in [1.165, 1.54) is 11.1 Å². The molecule has 1 aliphatic heterocycles. The van der Waals surface area contributed by atoms with Gasteiger partial charge in [-0.25, -0.2) is 0 Å². The maximum Gasteiger partial charge on any atom is 0.159 e. The van der Waals surface area contributed by atoms with Crippen LogP contribution in [0.5, 0.6) is 0 Å². The molecule has 0 radical (unpaired) electrons. The zero-order valence-electron chi connectivity index (χ0n) is 11.8. The molecule has 0 amide bonds. The highest BCUT2D eigenvalue weighted by molar-refractivity contribution is 6.42. The fourth-order valence-electron chi connectivity index (χ4n) is 2.98. The summed E-state index contributed by atoms with van der Waals surface area (Å²) in [5.74, 6) is 0.926. The maximum absolute atomic E-state index is 6.16. The summed E-state index contributed by atoms with van der Waals surface area (Å²) in [6.07, 6.45) is 2.73. The van der Waals surface area contributed by atoms with Crippen molar-refractivity contribution in [3.8, 4) is 0 Å². The van der Waals surface area contributed by atoms with Crippen LogP contribution in [0.15, 0.2) is 42.6 Å². The number of anilines is 1. The largest absolute Gasteiger partial charge is 0.350 e. The Hall–Kier alpha value is -1.84. The van der Waals surface area contributed by atoms with E-state index in [9.17, 15) is 0 Å². The normalized spacial score (nSPS) is 14.2. The van der Waals surface area contributed by atoms with Crippen molar-refractivity contribution in [3.05, 3.63) is 63.8 Å². The van der Waals surface area contributed by atoms with E-state index in [0.29, 0.717) is 10.0 Å². The number of rotatable bonds is 1. The molecule has 0 bridgehead atoms. The van der Waals surface area contributed by atoms with E-state index in [1.807, 2.05) is 24.3 Å². The smallest absolute Gasteiger partial charge is 0.159 e. The average molecular weight is 330 g/mol. The lowest BCUT2D eigenvalue weighted by atomic mass is 9.99. The topological polar surface area (TPSA) is 29.0 Å². The minimum Gasteiger partial charge on any atom is -0.350 e. The Bertz CT molecular complexity index is 858. The Morgan fingerprint density at radius 3 is 2.64 bits per heavy atom. The van der Waals surface area contributed by atoms with Gasteiger partial charge in [-0.2, -0.15) is 5.10 Å². The number of nitrogens with zero attached hydrogens (tertiary/aromatic N) is 3. The fraction of sp³-hybridized carbons (Fsp3) is 0.176. The molecule has 3 aromatic rings. The molecule has 5 heteroatoms. The third-order valence-electron chi connectivity index (χ3n) is 4.11. The first-order chi connectivity index (χ1) is 10.7. The van der Waals surface area contributed by atoms with Crippen LogP contribution in [0.1, 0.15) is 11.1 Å². The summed E-state index contributed by atoms with van der Waals surface area (Å²) in [6.45, 7) is 1.67. The second-order valence-electron chi connectivity index (χ2n) is 5.46. The molecule has 2 aromatic carbocycles. The highest BCUT2D eigenvalue weighted by Gasteiger charge is 2.20. The lowest BCUT2D eigenvalue weighted by molar-refractivity contribution is 0.717. The van der Waals surface area contributed by atoms with Crippen molar-refractivity contribution in [2.75, 3.05) is 11.4 Å². The molecule has 1 aromatic heterocycles. The summed E-state index contributed by atoms with van der Waals surface area (Å²) in [6, 6.07) is 12.1. The lowest BCUT2D eigenvalue weighted by Crippen LogP contribution is -2.31. The molecule has 0 saturated carbocycles. The lowest BCUT2D eigenvalue weighted by Gasteiger charge is -2.30. The number of benzene rings is 2. The molecule has 0 aliphatic carbocycles. The molecule has 22 heavy (non-hydrogen) atoms. The van der Waals surface area contributed by atoms with E-state index in [2.05, 4.69) is 27.2 Å². The Morgan fingerprint density at radius 1 is 1.00 bits per heavy atom. The fourth-order valence-corrected chi connectivity index (χ4v) is 3.35. The Balaban J connectivity index is 1.76. The molecular weight excluding hydrogens is 317 g/mol. The first-order valence-corrected chi connectivity index (χ1v) is 7.90. The Kier molecular flexibility index (Phi) is 3.40. The Labute approximate surface area is 138 Å². The van der Waals surface area contributed by atoms with Crippen molar-refractivity contribution < 1.29 is 0 Å². The molecule has 4 rings (SSSR count). The van der Waals surface area contributed by atoms with E-state index >= 15 is 0 Å². The van der Waals surface area contributed by atoms with Crippen molar-refractivity contribution in [1.29, 1.82) is 0 Å². The monoisotopic (exact) mass is 329 g/mol. The predicted octanol–water partition coefficient (Wildman–Crippen LogP) is 4.50. The minimum atomic E-state index is 0.603. The minimum absolute atomic E-state index is 0.603. The SMILES string of the molecule is Clc1cc2c(cc1Cl)CN(c1nncc3ccccc13)CC2. The molecule has 110 valence electrons. The first kappa shape index (κ1) is 13.8. The zero-order valence-corrected chi connectivity index (χ0v) is 13.3. The van der Waals surface area contributed by atoms with E-state index in [4.69, 9.17) is 23.2 Å². The molecule has 0 atom stereocenters. The van der Waals surface area contributed by atoms with Gasteiger partial charge in [-0.15, -0.1) is 5.10 Å². The predicted molar refractivity (Wildman–Crippen MR) is 90.8 cm³/mol. The van der Waals surface area contributed by atoms with Crippen LogP contribution in [0.25, 0.3) is 10.8 Å². The molecule has 2 heterocycles. The molecule has 3 nitrogen and oxygen atoms in total. The van der Waals surface area contributed by atoms with Crippen LogP contribution in [-0.4, -0.2) is 16.7 Å². The van der Waals surface area contributed by atoms with Gasteiger partial charge in [-0.1, -0.05) is 47.5 Å². The third-order valence-corrected chi connectivity index (χ3v) is 4.83. The summed E-state index contributed by atoms with van der Waals surface area (Å²) < 4.78 is 0. The molecule has 0 N–H and O–H groups in total. The van der Waals surface area contributed by atoms with Gasteiger partial charge in [0.05, 0.1) is 16.2 Å². The average Bonchev–Trinajstić information content (AvgIpc) is 2.55. The molecule has 0 spiro atoms. The van der Waals surface area contributed by atoms with Crippen LogP contribution in [0, 0.1) is 0 Å². The number of aromatic nitrogens is 2. The van der Waals surface area contributed by atoms with E-state index in [1.54, 1.807) is 6.20 Å². The summed E-state index contributed by atoms with van der Waals surface area (Å²) in [5.41, 5.74) is 2.47. The third kappa shape index (κ3) is 2.31. The van der Waals surface area contributed by atoms with Gasteiger partial charge in [0.2, 0.25) is 0 Å². The molecule has 0 saturated heterocycles. The molecular formula is C17H13Cl2N3. The van der Waals surface area contributed by atoms with Gasteiger partial charge in [-0.05, 0) is 29.7 Å². The summed E-state index contributed by atoms with van der Waals surface area (Å²) in [7, 11) is 0. The number of halogens is 2. The van der Waals surface area contributed by atoms with E-state index < -0.39 is 0 Å². The van der Waals surface area contributed by atoms with Gasteiger partial charge < -0.3 is 4.90 Å². The summed E-state index contributed by atoms with van der Waals surface area (Å²) in [4.78, 5) is 2.25. The molecule has 1 aliphatic rings. The van der Waals surface area contributed by atoms with Gasteiger partial charge in [-0.3, -0.25) is 0 Å². The zero-order chi connectivity index (χ0) is 15.1. The van der Waals surface area contributed by atoms with Crippen LogP contribution in [0.4, 0.5) is 5.82 Å². The van der Waals surface area contributed by atoms with E-state index in [-0.39, 0.29) is 0 Å². The Morgan fingerprint density at radius 2 is 1.77 bits per heavy atom. The van der Waals surface area contributed by atoms with Gasteiger partial charge in [0.15, 0.2) is 5.82 Å².